The van der Waals surface area contributed by atoms with Gasteiger partial charge in [0.25, 0.3) is 0 Å². The molecule has 19 heavy (non-hydrogen) atoms. The summed E-state index contributed by atoms with van der Waals surface area (Å²) in [6, 6.07) is 7.55. The van der Waals surface area contributed by atoms with Crippen LogP contribution in [0.1, 0.15) is 17.4 Å². The normalized spacial score (nSPS) is 12.7. The first kappa shape index (κ1) is 11.8. The highest BCUT2D eigenvalue weighted by atomic mass is 16.3. The van der Waals surface area contributed by atoms with E-state index in [4.69, 9.17) is 0 Å². The molecule has 0 saturated heterocycles. The molecule has 2 heterocycles. The summed E-state index contributed by atoms with van der Waals surface area (Å²) >= 11 is 0. The van der Waals surface area contributed by atoms with Gasteiger partial charge in [-0.15, -0.1) is 0 Å². The van der Waals surface area contributed by atoms with E-state index in [0.29, 0.717) is 6.42 Å². The molecule has 2 aromatic heterocycles. The Morgan fingerprint density at radius 2 is 2.05 bits per heavy atom. The summed E-state index contributed by atoms with van der Waals surface area (Å²) in [4.78, 5) is 8.54. The standard InChI is InChI=1S/C14H14N4O/c1-18-8-5-10(17-18)9-13(19)11-3-2-4-12-14(11)16-7-6-15-12/h2-8,13,19H,9H2,1H3. The topological polar surface area (TPSA) is 63.8 Å². The molecular formula is C14H14N4O. The Kier molecular flexibility index (Phi) is 2.97. The van der Waals surface area contributed by atoms with E-state index >= 15 is 0 Å². The Labute approximate surface area is 110 Å². The number of aromatic nitrogens is 4. The minimum Gasteiger partial charge on any atom is -0.388 e. The molecule has 0 saturated carbocycles. The van der Waals surface area contributed by atoms with Crippen molar-refractivity contribution >= 4 is 11.0 Å². The van der Waals surface area contributed by atoms with E-state index in [0.717, 1.165) is 22.3 Å². The fourth-order valence-electron chi connectivity index (χ4n) is 2.16. The monoisotopic (exact) mass is 254 g/mol. The second-order valence-corrected chi connectivity index (χ2v) is 4.47. The summed E-state index contributed by atoms with van der Waals surface area (Å²) in [5.41, 5.74) is 3.18. The maximum atomic E-state index is 10.4. The molecular weight excluding hydrogens is 240 g/mol. The first-order valence-electron chi connectivity index (χ1n) is 6.10. The molecule has 1 aromatic carbocycles. The predicted octanol–water partition coefficient (Wildman–Crippen LogP) is 1.64. The van der Waals surface area contributed by atoms with Crippen molar-refractivity contribution in [2.45, 2.75) is 12.5 Å². The van der Waals surface area contributed by atoms with Crippen molar-refractivity contribution in [3.63, 3.8) is 0 Å². The molecule has 0 aliphatic heterocycles. The van der Waals surface area contributed by atoms with E-state index in [9.17, 15) is 5.11 Å². The SMILES string of the molecule is Cn1ccc(CC(O)c2cccc3nccnc23)n1. The van der Waals surface area contributed by atoms with Gasteiger partial charge in [0.15, 0.2) is 0 Å². The number of para-hydroxylation sites is 1. The average molecular weight is 254 g/mol. The highest BCUT2D eigenvalue weighted by molar-refractivity contribution is 5.77. The van der Waals surface area contributed by atoms with Gasteiger partial charge in [-0.1, -0.05) is 12.1 Å². The van der Waals surface area contributed by atoms with Crippen LogP contribution in [0.25, 0.3) is 11.0 Å². The van der Waals surface area contributed by atoms with Crippen molar-refractivity contribution in [3.8, 4) is 0 Å². The molecule has 3 aromatic rings. The maximum Gasteiger partial charge on any atom is 0.0944 e. The molecule has 0 bridgehead atoms. The van der Waals surface area contributed by atoms with Gasteiger partial charge in [-0.2, -0.15) is 5.10 Å². The second-order valence-electron chi connectivity index (χ2n) is 4.47. The fraction of sp³-hybridized carbons (Fsp3) is 0.214. The van der Waals surface area contributed by atoms with Crippen molar-refractivity contribution in [2.24, 2.45) is 7.05 Å². The Balaban J connectivity index is 1.95. The summed E-state index contributed by atoms with van der Waals surface area (Å²) in [5, 5.41) is 14.6. The van der Waals surface area contributed by atoms with Crippen LogP contribution in [0.15, 0.2) is 42.9 Å². The van der Waals surface area contributed by atoms with Crippen molar-refractivity contribution in [3.05, 3.63) is 54.1 Å². The number of fused-ring (bicyclic) bond motifs is 1. The molecule has 0 amide bonds. The van der Waals surface area contributed by atoms with Gasteiger partial charge in [0, 0.05) is 37.6 Å². The molecule has 0 aliphatic carbocycles. The van der Waals surface area contributed by atoms with Gasteiger partial charge in [-0.3, -0.25) is 14.6 Å². The molecule has 96 valence electrons. The number of rotatable bonds is 3. The minimum absolute atomic E-state index is 0.469. The van der Waals surface area contributed by atoms with E-state index in [1.165, 1.54) is 0 Å². The number of hydrogen-bond donors (Lipinski definition) is 1. The van der Waals surface area contributed by atoms with Crippen LogP contribution >= 0.6 is 0 Å². The third-order valence-electron chi connectivity index (χ3n) is 3.06. The zero-order chi connectivity index (χ0) is 13.2. The van der Waals surface area contributed by atoms with Crippen LogP contribution in [0, 0.1) is 0 Å². The lowest BCUT2D eigenvalue weighted by molar-refractivity contribution is 0.178. The number of aliphatic hydroxyl groups is 1. The zero-order valence-electron chi connectivity index (χ0n) is 10.6. The van der Waals surface area contributed by atoms with Gasteiger partial charge in [-0.25, -0.2) is 0 Å². The van der Waals surface area contributed by atoms with Crippen LogP contribution in [0.5, 0.6) is 0 Å². The number of benzene rings is 1. The molecule has 3 rings (SSSR count). The van der Waals surface area contributed by atoms with Gasteiger partial charge < -0.3 is 5.11 Å². The van der Waals surface area contributed by atoms with Crippen LogP contribution in [-0.2, 0) is 13.5 Å². The number of hydrogen-bond acceptors (Lipinski definition) is 4. The van der Waals surface area contributed by atoms with Crippen molar-refractivity contribution < 1.29 is 5.11 Å². The Bertz CT molecular complexity index is 702. The molecule has 1 unspecified atom stereocenters. The second kappa shape index (κ2) is 4.78. The molecule has 0 radical (unpaired) electrons. The third kappa shape index (κ3) is 2.32. The largest absolute Gasteiger partial charge is 0.388 e. The number of aryl methyl sites for hydroxylation is 1. The summed E-state index contributed by atoms with van der Waals surface area (Å²) in [7, 11) is 1.86. The number of nitrogens with zero attached hydrogens (tertiary/aromatic N) is 4. The van der Waals surface area contributed by atoms with Gasteiger partial charge in [0.05, 0.1) is 22.8 Å². The van der Waals surface area contributed by atoms with Crippen LogP contribution in [0.4, 0.5) is 0 Å². The van der Waals surface area contributed by atoms with Gasteiger partial charge in [-0.05, 0) is 12.1 Å². The molecule has 1 atom stereocenters. The third-order valence-corrected chi connectivity index (χ3v) is 3.06. The van der Waals surface area contributed by atoms with Gasteiger partial charge >= 0.3 is 0 Å². The molecule has 0 fully saturated rings. The fourth-order valence-corrected chi connectivity index (χ4v) is 2.16. The smallest absolute Gasteiger partial charge is 0.0944 e. The van der Waals surface area contributed by atoms with E-state index < -0.39 is 6.10 Å². The quantitative estimate of drug-likeness (QED) is 0.771. The lowest BCUT2D eigenvalue weighted by Crippen LogP contribution is -2.04. The lowest BCUT2D eigenvalue weighted by atomic mass is 10.0. The molecule has 0 aliphatic rings. The molecule has 1 N–H and O–H groups in total. The van der Waals surface area contributed by atoms with Crippen molar-refractivity contribution in [1.82, 2.24) is 19.7 Å². The number of aliphatic hydroxyl groups excluding tert-OH is 1. The highest BCUT2D eigenvalue weighted by Gasteiger charge is 2.14. The van der Waals surface area contributed by atoms with E-state index in [1.54, 1.807) is 17.1 Å². The first-order valence-corrected chi connectivity index (χ1v) is 6.10. The Morgan fingerprint density at radius 1 is 1.21 bits per heavy atom. The van der Waals surface area contributed by atoms with Crippen molar-refractivity contribution in [2.75, 3.05) is 0 Å². The Hall–Kier alpha value is -2.27. The maximum absolute atomic E-state index is 10.4. The van der Waals surface area contributed by atoms with E-state index in [2.05, 4.69) is 15.1 Å². The summed E-state index contributed by atoms with van der Waals surface area (Å²) in [6.07, 6.45) is 4.99. The highest BCUT2D eigenvalue weighted by Crippen LogP contribution is 2.23. The van der Waals surface area contributed by atoms with Gasteiger partial charge in [0.1, 0.15) is 0 Å². The van der Waals surface area contributed by atoms with Crippen LogP contribution in [-0.4, -0.2) is 24.9 Å². The first-order chi connectivity index (χ1) is 9.24. The zero-order valence-corrected chi connectivity index (χ0v) is 10.6. The predicted molar refractivity (Wildman–Crippen MR) is 71.4 cm³/mol. The average Bonchev–Trinajstić information content (AvgIpc) is 2.83. The molecule has 0 spiro atoms. The summed E-state index contributed by atoms with van der Waals surface area (Å²) in [5.74, 6) is 0. The summed E-state index contributed by atoms with van der Waals surface area (Å²) < 4.78 is 1.73. The molecule has 5 heteroatoms. The van der Waals surface area contributed by atoms with Crippen LogP contribution in [0.3, 0.4) is 0 Å². The molecule has 5 nitrogen and oxygen atoms in total. The Morgan fingerprint density at radius 3 is 2.84 bits per heavy atom. The minimum atomic E-state index is -0.629. The van der Waals surface area contributed by atoms with Gasteiger partial charge in [0.2, 0.25) is 0 Å². The van der Waals surface area contributed by atoms with Crippen molar-refractivity contribution in [1.29, 1.82) is 0 Å². The van der Waals surface area contributed by atoms with Crippen LogP contribution < -0.4 is 0 Å². The van der Waals surface area contributed by atoms with E-state index in [-0.39, 0.29) is 0 Å². The summed E-state index contributed by atoms with van der Waals surface area (Å²) in [6.45, 7) is 0. The van der Waals surface area contributed by atoms with Crippen LogP contribution in [0.2, 0.25) is 0 Å². The van der Waals surface area contributed by atoms with E-state index in [1.807, 2.05) is 37.5 Å². The lowest BCUT2D eigenvalue weighted by Gasteiger charge is -2.11.